The van der Waals surface area contributed by atoms with Crippen molar-refractivity contribution in [1.29, 1.82) is 5.26 Å². The number of benzene rings is 1. The highest BCUT2D eigenvalue weighted by atomic mass is 32.2. The Bertz CT molecular complexity index is 363. The summed E-state index contributed by atoms with van der Waals surface area (Å²) in [6, 6.07) is 9.47. The molecular formula is C10H10N2S2. The molecule has 0 spiro atoms. The van der Waals surface area contributed by atoms with Crippen LogP contribution in [-0.2, 0) is 0 Å². The third-order valence-corrected chi connectivity index (χ3v) is 3.22. The van der Waals surface area contributed by atoms with Crippen LogP contribution in [0.1, 0.15) is 5.56 Å². The number of thioether (sulfide) groups is 1. The molecule has 0 saturated carbocycles. The van der Waals surface area contributed by atoms with Crippen molar-refractivity contribution in [2.24, 2.45) is 0 Å². The lowest BCUT2D eigenvalue weighted by atomic mass is 10.2. The molecule has 2 nitrogen and oxygen atoms in total. The monoisotopic (exact) mass is 222 g/mol. The quantitative estimate of drug-likeness (QED) is 0.539. The fraction of sp³-hybridized carbons (Fsp3) is 0.200. The van der Waals surface area contributed by atoms with E-state index in [4.69, 9.17) is 17.5 Å². The molecule has 0 atom stereocenters. The predicted molar refractivity (Wildman–Crippen MR) is 63.3 cm³/mol. The van der Waals surface area contributed by atoms with E-state index in [0.29, 0.717) is 5.56 Å². The number of hydrogen-bond donors (Lipinski definition) is 0. The van der Waals surface area contributed by atoms with Crippen molar-refractivity contribution in [1.82, 2.24) is 4.90 Å². The third-order valence-electron chi connectivity index (χ3n) is 1.55. The summed E-state index contributed by atoms with van der Waals surface area (Å²) < 4.78 is 0.815. The van der Waals surface area contributed by atoms with Gasteiger partial charge >= 0.3 is 0 Å². The summed E-state index contributed by atoms with van der Waals surface area (Å²) in [5, 5.41) is 8.61. The fourth-order valence-corrected chi connectivity index (χ4v) is 1.73. The van der Waals surface area contributed by atoms with Gasteiger partial charge in [-0.05, 0) is 24.3 Å². The molecule has 0 saturated heterocycles. The van der Waals surface area contributed by atoms with E-state index >= 15 is 0 Å². The smallest absolute Gasteiger partial charge is 0.140 e. The molecule has 0 heterocycles. The second-order valence-electron chi connectivity index (χ2n) is 2.90. The molecule has 14 heavy (non-hydrogen) atoms. The standard InChI is InChI=1S/C10H10N2S2/c1-12(2)10(13)14-9-5-3-8(7-11)4-6-9/h3-6H,1-2H3. The van der Waals surface area contributed by atoms with Gasteiger partial charge in [-0.1, -0.05) is 24.0 Å². The Morgan fingerprint density at radius 2 is 1.93 bits per heavy atom. The van der Waals surface area contributed by atoms with Crippen LogP contribution in [0.25, 0.3) is 0 Å². The highest BCUT2D eigenvalue weighted by Gasteiger charge is 2.01. The lowest BCUT2D eigenvalue weighted by molar-refractivity contribution is 0.648. The van der Waals surface area contributed by atoms with Crippen molar-refractivity contribution >= 4 is 28.3 Å². The molecule has 0 aliphatic carbocycles. The van der Waals surface area contributed by atoms with Crippen LogP contribution in [0.15, 0.2) is 29.2 Å². The molecule has 0 fully saturated rings. The van der Waals surface area contributed by atoms with Crippen molar-refractivity contribution in [3.63, 3.8) is 0 Å². The van der Waals surface area contributed by atoms with Crippen molar-refractivity contribution in [2.45, 2.75) is 4.90 Å². The summed E-state index contributed by atoms with van der Waals surface area (Å²) in [6.45, 7) is 0. The van der Waals surface area contributed by atoms with Gasteiger partial charge in [0.05, 0.1) is 11.6 Å². The van der Waals surface area contributed by atoms with E-state index in [9.17, 15) is 0 Å². The van der Waals surface area contributed by atoms with E-state index in [0.717, 1.165) is 9.22 Å². The molecule has 1 rings (SSSR count). The SMILES string of the molecule is CN(C)C(=S)Sc1ccc(C#N)cc1. The molecular weight excluding hydrogens is 212 g/mol. The normalized spacial score (nSPS) is 9.21. The Hall–Kier alpha value is -1.05. The molecule has 0 aliphatic rings. The number of nitrogens with zero attached hydrogens (tertiary/aromatic N) is 2. The second-order valence-corrected chi connectivity index (χ2v) is 4.61. The van der Waals surface area contributed by atoms with Crippen molar-refractivity contribution in [3.05, 3.63) is 29.8 Å². The minimum absolute atomic E-state index is 0.671. The molecule has 0 aromatic heterocycles. The van der Waals surface area contributed by atoms with Gasteiger partial charge in [0.1, 0.15) is 4.32 Å². The average molecular weight is 222 g/mol. The Morgan fingerprint density at radius 1 is 1.36 bits per heavy atom. The Balaban J connectivity index is 2.70. The van der Waals surface area contributed by atoms with Crippen LogP contribution in [0.3, 0.4) is 0 Å². The molecule has 0 bridgehead atoms. The molecule has 0 aliphatic heterocycles. The molecule has 0 radical (unpaired) electrons. The van der Waals surface area contributed by atoms with E-state index < -0.39 is 0 Å². The largest absolute Gasteiger partial charge is 0.363 e. The van der Waals surface area contributed by atoms with Crippen LogP contribution < -0.4 is 0 Å². The van der Waals surface area contributed by atoms with Crippen LogP contribution in [0.2, 0.25) is 0 Å². The van der Waals surface area contributed by atoms with Gasteiger partial charge in [0, 0.05) is 19.0 Å². The van der Waals surface area contributed by atoms with Crippen molar-refractivity contribution in [3.8, 4) is 6.07 Å². The minimum Gasteiger partial charge on any atom is -0.363 e. The van der Waals surface area contributed by atoms with Gasteiger partial charge < -0.3 is 4.90 Å². The summed E-state index contributed by atoms with van der Waals surface area (Å²) in [4.78, 5) is 2.95. The predicted octanol–water partition coefficient (Wildman–Crippen LogP) is 2.50. The van der Waals surface area contributed by atoms with Crippen molar-refractivity contribution in [2.75, 3.05) is 14.1 Å². The zero-order chi connectivity index (χ0) is 10.6. The van der Waals surface area contributed by atoms with Gasteiger partial charge in [-0.25, -0.2) is 0 Å². The van der Waals surface area contributed by atoms with Crippen LogP contribution in [0.5, 0.6) is 0 Å². The topological polar surface area (TPSA) is 27.0 Å². The van der Waals surface area contributed by atoms with Gasteiger partial charge in [-0.2, -0.15) is 5.26 Å². The first kappa shape index (κ1) is 11.0. The highest BCUT2D eigenvalue weighted by molar-refractivity contribution is 8.22. The van der Waals surface area contributed by atoms with Gasteiger partial charge in [-0.15, -0.1) is 0 Å². The van der Waals surface area contributed by atoms with E-state index in [1.807, 2.05) is 31.1 Å². The third kappa shape index (κ3) is 3.02. The summed E-state index contributed by atoms with van der Waals surface area (Å²) in [5.41, 5.74) is 0.671. The highest BCUT2D eigenvalue weighted by Crippen LogP contribution is 2.20. The summed E-state index contributed by atoms with van der Waals surface area (Å²) in [6.07, 6.45) is 0. The maximum atomic E-state index is 8.61. The van der Waals surface area contributed by atoms with E-state index in [1.54, 1.807) is 12.1 Å². The first-order valence-electron chi connectivity index (χ1n) is 4.03. The molecule has 1 aromatic rings. The number of rotatable bonds is 1. The fourth-order valence-electron chi connectivity index (χ4n) is 0.790. The zero-order valence-electron chi connectivity index (χ0n) is 8.02. The first-order valence-corrected chi connectivity index (χ1v) is 5.25. The van der Waals surface area contributed by atoms with E-state index in [2.05, 4.69) is 6.07 Å². The van der Waals surface area contributed by atoms with Gasteiger partial charge in [-0.3, -0.25) is 0 Å². The van der Waals surface area contributed by atoms with Crippen molar-refractivity contribution < 1.29 is 0 Å². The molecule has 0 amide bonds. The molecule has 72 valence electrons. The Kier molecular flexibility index (Phi) is 3.93. The number of thiocarbonyl (C=S) groups is 1. The lowest BCUT2D eigenvalue weighted by Gasteiger charge is -2.12. The maximum absolute atomic E-state index is 8.61. The molecule has 0 unspecified atom stereocenters. The Morgan fingerprint density at radius 3 is 2.36 bits per heavy atom. The van der Waals surface area contributed by atoms with Gasteiger partial charge in [0.2, 0.25) is 0 Å². The van der Waals surface area contributed by atoms with Crippen LogP contribution in [0, 0.1) is 11.3 Å². The second kappa shape index (κ2) is 4.99. The molecule has 0 N–H and O–H groups in total. The van der Waals surface area contributed by atoms with E-state index in [-0.39, 0.29) is 0 Å². The Labute approximate surface area is 93.5 Å². The van der Waals surface area contributed by atoms with Crippen LogP contribution >= 0.6 is 24.0 Å². The first-order chi connectivity index (χ1) is 6.63. The average Bonchev–Trinajstić information content (AvgIpc) is 2.19. The van der Waals surface area contributed by atoms with Crippen LogP contribution in [-0.4, -0.2) is 23.3 Å². The summed E-state index contributed by atoms with van der Waals surface area (Å²) in [7, 11) is 3.83. The van der Waals surface area contributed by atoms with E-state index in [1.165, 1.54) is 11.8 Å². The lowest BCUT2D eigenvalue weighted by Crippen LogP contribution is -2.15. The zero-order valence-corrected chi connectivity index (χ0v) is 9.65. The molecule has 1 aromatic carbocycles. The minimum atomic E-state index is 0.671. The van der Waals surface area contributed by atoms with Gasteiger partial charge in [0.15, 0.2) is 0 Å². The molecule has 4 heteroatoms. The summed E-state index contributed by atoms with van der Waals surface area (Å²) in [5.74, 6) is 0. The maximum Gasteiger partial charge on any atom is 0.140 e. The number of nitriles is 1. The van der Waals surface area contributed by atoms with Crippen LogP contribution in [0.4, 0.5) is 0 Å². The summed E-state index contributed by atoms with van der Waals surface area (Å²) >= 11 is 6.66. The number of hydrogen-bond acceptors (Lipinski definition) is 3. The van der Waals surface area contributed by atoms with Gasteiger partial charge in [0.25, 0.3) is 0 Å².